The third kappa shape index (κ3) is 2.45. The molecule has 1 aromatic rings. The summed E-state index contributed by atoms with van der Waals surface area (Å²) in [5, 5.41) is 9.40. The van der Waals surface area contributed by atoms with Crippen molar-refractivity contribution in [2.45, 2.75) is 19.8 Å². The summed E-state index contributed by atoms with van der Waals surface area (Å²) in [4.78, 5) is 28.8. The van der Waals surface area contributed by atoms with E-state index in [0.717, 1.165) is 5.69 Å². The van der Waals surface area contributed by atoms with Crippen molar-refractivity contribution in [1.29, 1.82) is 0 Å². The van der Waals surface area contributed by atoms with E-state index in [-0.39, 0.29) is 5.69 Å². The van der Waals surface area contributed by atoms with E-state index in [1.54, 1.807) is 12.1 Å². The summed E-state index contributed by atoms with van der Waals surface area (Å²) in [7, 11) is 1.30. The maximum absolute atomic E-state index is 11.5. The summed E-state index contributed by atoms with van der Waals surface area (Å²) in [6, 6.07) is 3.42. The fourth-order valence-corrected chi connectivity index (χ4v) is 2.54. The zero-order valence-electron chi connectivity index (χ0n) is 11.6. The van der Waals surface area contributed by atoms with Gasteiger partial charge in [-0.15, -0.1) is 0 Å². The lowest BCUT2D eigenvalue weighted by Crippen LogP contribution is -2.34. The number of anilines is 1. The van der Waals surface area contributed by atoms with Gasteiger partial charge in [-0.2, -0.15) is 0 Å². The number of carboxylic acid groups (broad SMARTS) is 1. The lowest BCUT2D eigenvalue weighted by Gasteiger charge is -2.24. The van der Waals surface area contributed by atoms with Gasteiger partial charge in [-0.25, -0.2) is 9.78 Å². The van der Waals surface area contributed by atoms with E-state index in [2.05, 4.69) is 9.72 Å². The van der Waals surface area contributed by atoms with E-state index in [1.807, 2.05) is 11.8 Å². The lowest BCUT2D eigenvalue weighted by atomic mass is 9.84. The number of pyridine rings is 1. The molecule has 0 radical (unpaired) electrons. The first kappa shape index (κ1) is 14.3. The van der Waals surface area contributed by atoms with E-state index in [0.29, 0.717) is 25.9 Å². The number of rotatable bonds is 4. The molecule has 0 amide bonds. The molecule has 20 heavy (non-hydrogen) atoms. The second kappa shape index (κ2) is 5.48. The van der Waals surface area contributed by atoms with Gasteiger partial charge in [0.25, 0.3) is 0 Å². The third-order valence-electron chi connectivity index (χ3n) is 3.99. The molecule has 2 rings (SSSR count). The average Bonchev–Trinajstić information content (AvgIpc) is 2.92. The Hall–Kier alpha value is -2.11. The first-order valence-corrected chi connectivity index (χ1v) is 6.55. The van der Waals surface area contributed by atoms with Gasteiger partial charge in [-0.05, 0) is 25.0 Å². The molecule has 0 saturated carbocycles. The molecular weight excluding hydrogens is 260 g/mol. The van der Waals surface area contributed by atoms with Crippen molar-refractivity contribution in [2.24, 2.45) is 5.41 Å². The van der Waals surface area contributed by atoms with Gasteiger partial charge in [0.2, 0.25) is 0 Å². The van der Waals surface area contributed by atoms with Gasteiger partial charge in [-0.1, -0.05) is 6.92 Å². The van der Waals surface area contributed by atoms with Crippen molar-refractivity contribution in [1.82, 2.24) is 4.98 Å². The Morgan fingerprint density at radius 1 is 1.55 bits per heavy atom. The van der Waals surface area contributed by atoms with Gasteiger partial charge in [0.15, 0.2) is 0 Å². The zero-order chi connectivity index (χ0) is 14.8. The van der Waals surface area contributed by atoms with Crippen molar-refractivity contribution in [3.8, 4) is 0 Å². The van der Waals surface area contributed by atoms with E-state index in [1.165, 1.54) is 13.3 Å². The van der Waals surface area contributed by atoms with Gasteiger partial charge < -0.3 is 14.7 Å². The standard InChI is InChI=1S/C14H18N2O4/c1-3-14(13(18)19)5-7-16(9-14)10-4-6-15-11(8-10)12(17)20-2/h4,6,8H,3,5,7,9H2,1-2H3,(H,18,19). The number of hydrogen-bond donors (Lipinski definition) is 1. The molecule has 1 unspecified atom stereocenters. The number of ether oxygens (including phenoxy) is 1. The maximum atomic E-state index is 11.5. The smallest absolute Gasteiger partial charge is 0.356 e. The Kier molecular flexibility index (Phi) is 3.92. The molecule has 1 aliphatic rings. The minimum atomic E-state index is -0.759. The van der Waals surface area contributed by atoms with Gasteiger partial charge >= 0.3 is 11.9 Å². The van der Waals surface area contributed by atoms with Crippen molar-refractivity contribution < 1.29 is 19.4 Å². The number of aliphatic carboxylic acids is 1. The highest BCUT2D eigenvalue weighted by atomic mass is 16.5. The largest absolute Gasteiger partial charge is 0.481 e. The minimum Gasteiger partial charge on any atom is -0.481 e. The monoisotopic (exact) mass is 278 g/mol. The summed E-state index contributed by atoms with van der Waals surface area (Å²) < 4.78 is 4.64. The van der Waals surface area contributed by atoms with Crippen LogP contribution in [0.3, 0.4) is 0 Å². The summed E-state index contributed by atoms with van der Waals surface area (Å²) in [5.74, 6) is -1.25. The number of nitrogens with zero attached hydrogens (tertiary/aromatic N) is 2. The maximum Gasteiger partial charge on any atom is 0.356 e. The Morgan fingerprint density at radius 2 is 2.30 bits per heavy atom. The quantitative estimate of drug-likeness (QED) is 0.842. The minimum absolute atomic E-state index is 0.231. The van der Waals surface area contributed by atoms with E-state index >= 15 is 0 Å². The molecule has 1 atom stereocenters. The molecule has 0 aliphatic carbocycles. The summed E-state index contributed by atoms with van der Waals surface area (Å²) in [5.41, 5.74) is 0.334. The van der Waals surface area contributed by atoms with Crippen LogP contribution in [-0.2, 0) is 9.53 Å². The summed E-state index contributed by atoms with van der Waals surface area (Å²) >= 11 is 0. The van der Waals surface area contributed by atoms with E-state index in [9.17, 15) is 14.7 Å². The number of esters is 1. The predicted octanol–water partition coefficient (Wildman–Crippen LogP) is 1.56. The number of hydrogen-bond acceptors (Lipinski definition) is 5. The summed E-state index contributed by atoms with van der Waals surface area (Å²) in [6.07, 6.45) is 2.73. The highest BCUT2D eigenvalue weighted by Gasteiger charge is 2.43. The molecule has 1 saturated heterocycles. The first-order valence-electron chi connectivity index (χ1n) is 6.55. The van der Waals surface area contributed by atoms with Crippen LogP contribution in [0, 0.1) is 5.41 Å². The Morgan fingerprint density at radius 3 is 2.85 bits per heavy atom. The van der Waals surface area contributed by atoms with Crippen LogP contribution >= 0.6 is 0 Å². The van der Waals surface area contributed by atoms with Crippen LogP contribution < -0.4 is 4.90 Å². The molecule has 0 bridgehead atoms. The van der Waals surface area contributed by atoms with Crippen LogP contribution in [0.2, 0.25) is 0 Å². The molecule has 1 fully saturated rings. The van der Waals surface area contributed by atoms with E-state index in [4.69, 9.17) is 0 Å². The second-order valence-corrected chi connectivity index (χ2v) is 5.00. The molecule has 0 spiro atoms. The average molecular weight is 278 g/mol. The fraction of sp³-hybridized carbons (Fsp3) is 0.500. The highest BCUT2D eigenvalue weighted by Crippen LogP contribution is 2.36. The highest BCUT2D eigenvalue weighted by molar-refractivity contribution is 5.88. The number of methoxy groups -OCH3 is 1. The van der Waals surface area contributed by atoms with Gasteiger partial charge in [0.05, 0.1) is 12.5 Å². The molecule has 2 heterocycles. The predicted molar refractivity (Wildman–Crippen MR) is 72.8 cm³/mol. The van der Waals surface area contributed by atoms with Crippen LogP contribution in [0.4, 0.5) is 5.69 Å². The molecule has 6 nitrogen and oxygen atoms in total. The Balaban J connectivity index is 2.22. The SMILES string of the molecule is CCC1(C(=O)O)CCN(c2ccnc(C(=O)OC)c2)C1. The summed E-state index contributed by atoms with van der Waals surface area (Å²) in [6.45, 7) is 3.00. The second-order valence-electron chi connectivity index (χ2n) is 5.00. The first-order chi connectivity index (χ1) is 9.52. The van der Waals surface area contributed by atoms with Gasteiger partial charge in [-0.3, -0.25) is 4.79 Å². The molecular formula is C14H18N2O4. The molecule has 6 heteroatoms. The number of carbonyl (C=O) groups is 2. The van der Waals surface area contributed by atoms with Crippen LogP contribution in [0.5, 0.6) is 0 Å². The molecule has 1 N–H and O–H groups in total. The zero-order valence-corrected chi connectivity index (χ0v) is 11.6. The third-order valence-corrected chi connectivity index (χ3v) is 3.99. The molecule has 1 aliphatic heterocycles. The topological polar surface area (TPSA) is 79.7 Å². The van der Waals surface area contributed by atoms with E-state index < -0.39 is 17.4 Å². The van der Waals surface area contributed by atoms with Gasteiger partial charge in [0.1, 0.15) is 5.69 Å². The van der Waals surface area contributed by atoms with Crippen LogP contribution in [0.25, 0.3) is 0 Å². The Bertz CT molecular complexity index is 532. The fourth-order valence-electron chi connectivity index (χ4n) is 2.54. The number of carboxylic acids is 1. The van der Waals surface area contributed by atoms with Crippen LogP contribution in [0.1, 0.15) is 30.3 Å². The van der Waals surface area contributed by atoms with Gasteiger partial charge in [0, 0.05) is 25.0 Å². The molecule has 108 valence electrons. The molecule has 1 aromatic heterocycles. The van der Waals surface area contributed by atoms with Crippen molar-refractivity contribution >= 4 is 17.6 Å². The van der Waals surface area contributed by atoms with Crippen LogP contribution in [-0.4, -0.2) is 42.2 Å². The number of carbonyl (C=O) groups excluding carboxylic acids is 1. The van der Waals surface area contributed by atoms with Crippen molar-refractivity contribution in [3.63, 3.8) is 0 Å². The Labute approximate surface area is 117 Å². The number of aromatic nitrogens is 1. The normalized spacial score (nSPS) is 21.8. The van der Waals surface area contributed by atoms with Crippen molar-refractivity contribution in [3.05, 3.63) is 24.0 Å². The van der Waals surface area contributed by atoms with Crippen molar-refractivity contribution in [2.75, 3.05) is 25.1 Å². The van der Waals surface area contributed by atoms with Crippen LogP contribution in [0.15, 0.2) is 18.3 Å². The lowest BCUT2D eigenvalue weighted by molar-refractivity contribution is -0.147. The molecule has 0 aromatic carbocycles.